The summed E-state index contributed by atoms with van der Waals surface area (Å²) in [6.07, 6.45) is 4.56. The fourth-order valence-electron chi connectivity index (χ4n) is 1.62. The van der Waals surface area contributed by atoms with Crippen molar-refractivity contribution in [1.29, 1.82) is 0 Å². The smallest absolute Gasteiger partial charge is 0.0954 e. The van der Waals surface area contributed by atoms with E-state index in [1.807, 2.05) is 12.5 Å². The number of rotatable bonds is 5. The fraction of sp³-hybridized carbons (Fsp3) is 0.700. The van der Waals surface area contributed by atoms with E-state index in [9.17, 15) is 0 Å². The van der Waals surface area contributed by atoms with Crippen molar-refractivity contribution in [2.75, 3.05) is 20.3 Å². The largest absolute Gasteiger partial charge is 0.382 e. The first-order valence-corrected chi connectivity index (χ1v) is 4.82. The Labute approximate surface area is 85.1 Å². The number of imidazole rings is 1. The number of hydrogen-bond acceptors (Lipinski definition) is 3. The number of nitrogens with two attached hydrogens (primary N) is 1. The van der Waals surface area contributed by atoms with E-state index < -0.39 is 0 Å². The van der Waals surface area contributed by atoms with Crippen LogP contribution < -0.4 is 5.73 Å². The Balaban J connectivity index is 2.87. The molecule has 4 nitrogen and oxygen atoms in total. The molecule has 1 aromatic rings. The van der Waals surface area contributed by atoms with Crippen LogP contribution in [0.3, 0.4) is 0 Å². The lowest BCUT2D eigenvalue weighted by molar-refractivity contribution is 0.108. The minimum atomic E-state index is -0.0598. The van der Waals surface area contributed by atoms with E-state index in [0.717, 1.165) is 12.1 Å². The molecule has 4 heteroatoms. The van der Waals surface area contributed by atoms with Gasteiger partial charge in [0, 0.05) is 25.4 Å². The minimum Gasteiger partial charge on any atom is -0.382 e. The summed E-state index contributed by atoms with van der Waals surface area (Å²) in [5.41, 5.74) is 6.64. The van der Waals surface area contributed by atoms with Crippen molar-refractivity contribution in [3.05, 3.63) is 18.2 Å². The minimum absolute atomic E-state index is 0.0598. The highest BCUT2D eigenvalue weighted by molar-refractivity contribution is 5.03. The van der Waals surface area contributed by atoms with E-state index in [2.05, 4.69) is 23.4 Å². The molecule has 0 aromatic carbocycles. The maximum absolute atomic E-state index is 5.53. The Morgan fingerprint density at radius 3 is 2.86 bits per heavy atom. The van der Waals surface area contributed by atoms with Crippen molar-refractivity contribution in [2.45, 2.75) is 25.8 Å². The van der Waals surface area contributed by atoms with Gasteiger partial charge in [-0.25, -0.2) is 4.98 Å². The average Bonchev–Trinajstić information content (AvgIpc) is 2.53. The average molecular weight is 197 g/mol. The van der Waals surface area contributed by atoms with E-state index in [1.165, 1.54) is 0 Å². The molecule has 0 unspecified atom stereocenters. The van der Waals surface area contributed by atoms with Gasteiger partial charge in [0.05, 0.1) is 18.5 Å². The monoisotopic (exact) mass is 197 g/mol. The van der Waals surface area contributed by atoms with Crippen molar-refractivity contribution >= 4 is 0 Å². The van der Waals surface area contributed by atoms with Crippen LogP contribution in [-0.4, -0.2) is 29.8 Å². The summed E-state index contributed by atoms with van der Waals surface area (Å²) < 4.78 is 7.31. The molecule has 1 aromatic heterocycles. The zero-order valence-electron chi connectivity index (χ0n) is 9.16. The second-order valence-electron chi connectivity index (χ2n) is 4.04. The summed E-state index contributed by atoms with van der Waals surface area (Å²) in [5, 5.41) is 0. The van der Waals surface area contributed by atoms with Crippen molar-refractivity contribution in [2.24, 2.45) is 5.73 Å². The van der Waals surface area contributed by atoms with Crippen molar-refractivity contribution in [3.8, 4) is 0 Å². The van der Waals surface area contributed by atoms with Gasteiger partial charge in [-0.1, -0.05) is 0 Å². The molecule has 0 amide bonds. The van der Waals surface area contributed by atoms with Crippen molar-refractivity contribution < 1.29 is 4.74 Å². The first-order chi connectivity index (χ1) is 6.61. The number of methoxy groups -OCH3 is 1. The number of hydrogen-bond donors (Lipinski definition) is 1. The third-order valence-electron chi connectivity index (χ3n) is 2.27. The van der Waals surface area contributed by atoms with Crippen LogP contribution in [0.2, 0.25) is 0 Å². The number of nitrogens with zero attached hydrogens (tertiary/aromatic N) is 2. The van der Waals surface area contributed by atoms with Gasteiger partial charge in [0.2, 0.25) is 0 Å². The van der Waals surface area contributed by atoms with Crippen LogP contribution in [0.15, 0.2) is 12.5 Å². The van der Waals surface area contributed by atoms with Crippen molar-refractivity contribution in [1.82, 2.24) is 9.55 Å². The highest BCUT2D eigenvalue weighted by atomic mass is 16.5. The third kappa shape index (κ3) is 2.33. The van der Waals surface area contributed by atoms with Crippen LogP contribution >= 0.6 is 0 Å². The molecule has 0 aliphatic carbocycles. The highest BCUT2D eigenvalue weighted by Gasteiger charge is 2.21. The van der Waals surface area contributed by atoms with Gasteiger partial charge in [0.15, 0.2) is 0 Å². The maximum atomic E-state index is 5.53. The molecule has 0 saturated carbocycles. The Kier molecular flexibility index (Phi) is 3.66. The van der Waals surface area contributed by atoms with Gasteiger partial charge < -0.3 is 15.0 Å². The molecule has 0 bridgehead atoms. The first-order valence-electron chi connectivity index (χ1n) is 4.82. The summed E-state index contributed by atoms with van der Waals surface area (Å²) in [6, 6.07) is 0. The SMILES string of the molecule is COCC(C)(C)n1cncc1CCN. The Morgan fingerprint density at radius 2 is 2.29 bits per heavy atom. The summed E-state index contributed by atoms with van der Waals surface area (Å²) in [5.74, 6) is 0. The molecule has 1 rings (SSSR count). The Bertz CT molecular complexity index is 281. The van der Waals surface area contributed by atoms with Gasteiger partial charge in [-0.05, 0) is 20.4 Å². The quantitative estimate of drug-likeness (QED) is 0.758. The lowest BCUT2D eigenvalue weighted by Gasteiger charge is -2.27. The number of ether oxygens (including phenoxy) is 1. The molecule has 14 heavy (non-hydrogen) atoms. The predicted molar refractivity (Wildman–Crippen MR) is 56.2 cm³/mol. The maximum Gasteiger partial charge on any atom is 0.0954 e. The normalized spacial score (nSPS) is 12.0. The molecule has 0 spiro atoms. The second kappa shape index (κ2) is 4.57. The molecule has 1 heterocycles. The van der Waals surface area contributed by atoms with Crippen LogP contribution in [0.5, 0.6) is 0 Å². The number of aromatic nitrogens is 2. The van der Waals surface area contributed by atoms with Gasteiger partial charge >= 0.3 is 0 Å². The van der Waals surface area contributed by atoms with E-state index in [-0.39, 0.29) is 5.54 Å². The van der Waals surface area contributed by atoms with Crippen LogP contribution in [-0.2, 0) is 16.7 Å². The molecule has 0 saturated heterocycles. The van der Waals surface area contributed by atoms with E-state index >= 15 is 0 Å². The van der Waals surface area contributed by atoms with E-state index in [0.29, 0.717) is 13.2 Å². The van der Waals surface area contributed by atoms with Crippen LogP contribution in [0.1, 0.15) is 19.5 Å². The first kappa shape index (κ1) is 11.2. The highest BCUT2D eigenvalue weighted by Crippen LogP contribution is 2.17. The molecule has 0 atom stereocenters. The summed E-state index contributed by atoms with van der Waals surface area (Å²) in [6.45, 7) is 5.56. The van der Waals surface area contributed by atoms with E-state index in [1.54, 1.807) is 7.11 Å². The van der Waals surface area contributed by atoms with E-state index in [4.69, 9.17) is 10.5 Å². The molecule has 0 aliphatic heterocycles. The summed E-state index contributed by atoms with van der Waals surface area (Å²) >= 11 is 0. The van der Waals surface area contributed by atoms with Crippen LogP contribution in [0.25, 0.3) is 0 Å². The van der Waals surface area contributed by atoms with Gasteiger partial charge in [-0.15, -0.1) is 0 Å². The van der Waals surface area contributed by atoms with Crippen molar-refractivity contribution in [3.63, 3.8) is 0 Å². The lowest BCUT2D eigenvalue weighted by Crippen LogP contribution is -2.32. The lowest BCUT2D eigenvalue weighted by atomic mass is 10.1. The predicted octanol–water partition coefficient (Wildman–Crippen LogP) is 0.766. The Morgan fingerprint density at radius 1 is 1.57 bits per heavy atom. The van der Waals surface area contributed by atoms with Crippen LogP contribution in [0, 0.1) is 0 Å². The van der Waals surface area contributed by atoms with Gasteiger partial charge in [-0.2, -0.15) is 0 Å². The topological polar surface area (TPSA) is 53.1 Å². The summed E-state index contributed by atoms with van der Waals surface area (Å²) in [7, 11) is 1.71. The molecular formula is C10H19N3O. The Hall–Kier alpha value is -0.870. The fourth-order valence-corrected chi connectivity index (χ4v) is 1.62. The molecule has 0 aliphatic rings. The molecule has 80 valence electrons. The van der Waals surface area contributed by atoms with Gasteiger partial charge in [-0.3, -0.25) is 0 Å². The zero-order valence-corrected chi connectivity index (χ0v) is 9.16. The molecule has 0 fully saturated rings. The molecule has 0 radical (unpaired) electrons. The van der Waals surface area contributed by atoms with Gasteiger partial charge in [0.25, 0.3) is 0 Å². The van der Waals surface area contributed by atoms with Gasteiger partial charge in [0.1, 0.15) is 0 Å². The molecule has 2 N–H and O–H groups in total. The zero-order chi connectivity index (χ0) is 10.6. The molecular weight excluding hydrogens is 178 g/mol. The third-order valence-corrected chi connectivity index (χ3v) is 2.27. The summed E-state index contributed by atoms with van der Waals surface area (Å²) in [4.78, 5) is 4.14. The second-order valence-corrected chi connectivity index (χ2v) is 4.04. The standard InChI is InChI=1S/C10H19N3O/c1-10(2,7-14-3)13-8-12-6-9(13)4-5-11/h6,8H,4-5,7,11H2,1-3H3. The van der Waals surface area contributed by atoms with Crippen LogP contribution in [0.4, 0.5) is 0 Å².